The molecule has 234 valence electrons. The van der Waals surface area contributed by atoms with Gasteiger partial charge in [0.1, 0.15) is 27.0 Å². The Bertz CT molecular complexity index is 1930. The zero-order valence-corrected chi connectivity index (χ0v) is 26.7. The van der Waals surface area contributed by atoms with Gasteiger partial charge in [-0.05, 0) is 24.5 Å². The van der Waals surface area contributed by atoms with Gasteiger partial charge < -0.3 is 29.1 Å². The van der Waals surface area contributed by atoms with E-state index < -0.39 is 52.4 Å². The first kappa shape index (κ1) is 32.0. The van der Waals surface area contributed by atoms with Crippen LogP contribution in [0.1, 0.15) is 19.8 Å². The van der Waals surface area contributed by atoms with Crippen molar-refractivity contribution in [3.8, 4) is 11.5 Å². The van der Waals surface area contributed by atoms with Crippen LogP contribution in [-0.2, 0) is 31.0 Å². The summed E-state index contributed by atoms with van der Waals surface area (Å²) >= 11 is 8.19. The summed E-state index contributed by atoms with van der Waals surface area (Å²) in [5.74, 6) is -2.91. The fraction of sp³-hybridized carbons (Fsp3) is 0.320. The molecule has 0 radical (unpaired) electrons. The molecule has 1 aromatic carbocycles. The number of nitrogens with zero attached hydrogens (tertiary/aromatic N) is 3. The Morgan fingerprint density at radius 3 is 2.41 bits per heavy atom. The summed E-state index contributed by atoms with van der Waals surface area (Å²) in [6, 6.07) is 3.53. The van der Waals surface area contributed by atoms with Gasteiger partial charge in [-0.2, -0.15) is 0 Å². The summed E-state index contributed by atoms with van der Waals surface area (Å²) in [6.45, 7) is 0.562. The van der Waals surface area contributed by atoms with Crippen molar-refractivity contribution in [1.82, 2.24) is 9.47 Å². The molecular weight excluding hydrogens is 679 g/mol. The van der Waals surface area contributed by atoms with Crippen LogP contribution < -0.4 is 29.1 Å². The Morgan fingerprint density at radius 1 is 1.09 bits per heavy atom. The second-order valence-electron chi connectivity index (χ2n) is 9.41. The predicted octanol–water partition coefficient (Wildman–Crippen LogP) is 0.726. The van der Waals surface area contributed by atoms with Gasteiger partial charge in [0, 0.05) is 29.3 Å². The molecule has 1 aromatic heterocycles. The minimum absolute atomic E-state index is 0.0258. The maximum atomic E-state index is 13.7. The average Bonchev–Trinajstić information content (AvgIpc) is 3.67. The molecule has 1 amide bonds. The summed E-state index contributed by atoms with van der Waals surface area (Å²) in [5, 5.41) is 19.3. The molecule has 0 saturated carbocycles. The number of rotatable bonds is 10. The van der Waals surface area contributed by atoms with Crippen LogP contribution in [0, 0.1) is 0 Å². The largest absolute Gasteiger partial charge is 0.748 e. The van der Waals surface area contributed by atoms with Gasteiger partial charge in [0.2, 0.25) is 6.79 Å². The van der Waals surface area contributed by atoms with E-state index in [-0.39, 0.29) is 38.2 Å². The number of thiazole rings is 1. The van der Waals surface area contributed by atoms with E-state index >= 15 is 0 Å². The number of fused-ring (bicyclic) bond motifs is 2. The monoisotopic (exact) mass is 700 g/mol. The number of aliphatic carboxylic acids is 2. The Morgan fingerprint density at radius 2 is 1.77 bits per heavy atom. The second-order valence-corrected chi connectivity index (χ2v) is 14.6. The van der Waals surface area contributed by atoms with E-state index in [9.17, 15) is 42.4 Å². The molecule has 1 saturated heterocycles. The quantitative estimate of drug-likeness (QED) is 0.260. The number of ether oxygens (including phenoxy) is 2. The predicted molar refractivity (Wildman–Crippen MR) is 165 cm³/mol. The third-order valence-electron chi connectivity index (χ3n) is 6.49. The molecule has 3 aliphatic heterocycles. The van der Waals surface area contributed by atoms with Crippen LogP contribution in [0.25, 0.3) is 10.5 Å². The Kier molecular flexibility index (Phi) is 9.15. The number of thioether (sulfide) groups is 2. The molecule has 4 heterocycles. The first-order valence-electron chi connectivity index (χ1n) is 12.8. The van der Waals surface area contributed by atoms with Crippen LogP contribution in [0.3, 0.4) is 0 Å². The molecule has 0 atom stereocenters. The van der Waals surface area contributed by atoms with E-state index in [1.54, 1.807) is 30.0 Å². The maximum absolute atomic E-state index is 13.7. The number of hydrogen-bond acceptors (Lipinski definition) is 14. The van der Waals surface area contributed by atoms with Gasteiger partial charge in [-0.15, -0.1) is 11.3 Å². The molecule has 44 heavy (non-hydrogen) atoms. The van der Waals surface area contributed by atoms with E-state index in [1.807, 2.05) is 0 Å². The normalized spacial score (nSPS) is 18.8. The molecule has 0 bridgehead atoms. The molecule has 14 nitrogen and oxygen atoms in total. The highest BCUT2D eigenvalue weighted by Crippen LogP contribution is 2.51. The van der Waals surface area contributed by atoms with E-state index in [0.29, 0.717) is 34.2 Å². The van der Waals surface area contributed by atoms with E-state index in [2.05, 4.69) is 0 Å². The highest BCUT2D eigenvalue weighted by atomic mass is 32.2. The van der Waals surface area contributed by atoms with Crippen LogP contribution in [-0.4, -0.2) is 80.5 Å². The van der Waals surface area contributed by atoms with Gasteiger partial charge in [0.15, 0.2) is 11.5 Å². The fourth-order valence-corrected chi connectivity index (χ4v) is 8.85. The third kappa shape index (κ3) is 6.52. The number of amides is 1. The Labute approximate surface area is 267 Å². The second kappa shape index (κ2) is 12.6. The van der Waals surface area contributed by atoms with Crippen LogP contribution in [0.5, 0.6) is 11.5 Å². The molecule has 5 rings (SSSR count). The summed E-state index contributed by atoms with van der Waals surface area (Å²) < 4.78 is 46.0. The molecule has 0 unspecified atom stereocenters. The number of thiocarbonyl (C=S) groups is 1. The molecule has 0 spiro atoms. The SMILES string of the molecule is CCC(C=C1Sc2cc3c(cc2N1CCCS(=O)(=O)[O-])OCO3)=c1s/c(=C2\SC(=S)N(CC(=O)O)C2=O)n(CC(=O)O)c1=O. The number of hydrogen-bond donors (Lipinski definition) is 2. The van der Waals surface area contributed by atoms with Gasteiger partial charge >= 0.3 is 11.9 Å². The van der Waals surface area contributed by atoms with Crippen molar-refractivity contribution < 1.29 is 47.0 Å². The molecule has 19 heteroatoms. The fourth-order valence-electron chi connectivity index (χ4n) is 4.57. The minimum atomic E-state index is -4.46. The Hall–Kier alpha value is -3.36. The first-order valence-corrected chi connectivity index (χ1v) is 17.2. The lowest BCUT2D eigenvalue weighted by molar-refractivity contribution is -0.140. The van der Waals surface area contributed by atoms with Crippen molar-refractivity contribution in [3.63, 3.8) is 0 Å². The highest BCUT2D eigenvalue weighted by molar-refractivity contribution is 8.30. The summed E-state index contributed by atoms with van der Waals surface area (Å²) in [6.07, 6.45) is 2.06. The number of benzene rings is 1. The van der Waals surface area contributed by atoms with Crippen molar-refractivity contribution in [2.45, 2.75) is 31.2 Å². The van der Waals surface area contributed by atoms with Gasteiger partial charge in [0.25, 0.3) is 11.5 Å². The molecule has 1 fully saturated rings. The summed E-state index contributed by atoms with van der Waals surface area (Å²) in [4.78, 5) is 53.1. The number of carboxylic acid groups (broad SMARTS) is 2. The van der Waals surface area contributed by atoms with Gasteiger partial charge in [0.05, 0.1) is 25.4 Å². The molecule has 2 aromatic rings. The highest BCUT2D eigenvalue weighted by Gasteiger charge is 2.36. The van der Waals surface area contributed by atoms with E-state index in [0.717, 1.165) is 37.5 Å². The lowest BCUT2D eigenvalue weighted by Crippen LogP contribution is -2.37. The Balaban J connectivity index is 1.65. The number of allylic oxidation sites excluding steroid dienone is 1. The van der Waals surface area contributed by atoms with Crippen LogP contribution in [0.2, 0.25) is 0 Å². The molecule has 0 aliphatic carbocycles. The maximum Gasteiger partial charge on any atom is 0.323 e. The van der Waals surface area contributed by atoms with Crippen molar-refractivity contribution in [1.29, 1.82) is 0 Å². The van der Waals surface area contributed by atoms with Crippen LogP contribution >= 0.6 is 47.1 Å². The zero-order valence-electron chi connectivity index (χ0n) is 22.6. The lowest BCUT2D eigenvalue weighted by atomic mass is 10.2. The number of carboxylic acids is 2. The molecular formula is C25H22N3O11S5-. The van der Waals surface area contributed by atoms with Crippen LogP contribution in [0.15, 0.2) is 32.9 Å². The van der Waals surface area contributed by atoms with Crippen LogP contribution in [0.4, 0.5) is 5.69 Å². The smallest absolute Gasteiger partial charge is 0.323 e. The van der Waals surface area contributed by atoms with Crippen molar-refractivity contribution in [2.24, 2.45) is 0 Å². The zero-order chi connectivity index (χ0) is 31.9. The van der Waals surface area contributed by atoms with Gasteiger partial charge in [-0.3, -0.25) is 28.6 Å². The summed E-state index contributed by atoms with van der Waals surface area (Å²) in [7, 11) is -4.46. The van der Waals surface area contributed by atoms with Crippen molar-refractivity contribution in [2.75, 3.05) is 30.5 Å². The van der Waals surface area contributed by atoms with Crippen molar-refractivity contribution in [3.05, 3.63) is 42.8 Å². The van der Waals surface area contributed by atoms with E-state index in [4.69, 9.17) is 21.7 Å². The number of carbonyl (C=O) groups excluding carboxylic acids is 1. The first-order chi connectivity index (χ1) is 20.8. The third-order valence-corrected chi connectivity index (χ3v) is 11.2. The topological polar surface area (TPSA) is 196 Å². The standard InChI is InChI=1S/C25H23N3O11S5/c1-2-12(6-17-26(4-3-5-44(35,36)37)13-7-14-15(39-11-38-14)8-16(13)41-17)20-22(33)27(9-18(29)30)24(42-20)21-23(34)28(10-19(31)32)25(40)43-21/h6-8H,2-5,9-11H2,1H3,(H,29,30)(H,31,32)(H,35,36,37)/p-1/b17-6?,20-12?,24-21-. The number of aromatic nitrogens is 1. The molecule has 3 aliphatic rings. The lowest BCUT2D eigenvalue weighted by Gasteiger charge is -2.21. The average molecular weight is 701 g/mol. The summed E-state index contributed by atoms with van der Waals surface area (Å²) in [5.41, 5.74) is 0.535. The van der Waals surface area contributed by atoms with Gasteiger partial charge in [-0.1, -0.05) is 42.7 Å². The van der Waals surface area contributed by atoms with E-state index in [1.165, 1.54) is 11.8 Å². The number of anilines is 1. The van der Waals surface area contributed by atoms with Crippen molar-refractivity contribution >= 4 is 95.5 Å². The van der Waals surface area contributed by atoms with Gasteiger partial charge in [-0.25, -0.2) is 8.42 Å². The minimum Gasteiger partial charge on any atom is -0.748 e. The number of carbonyl (C=O) groups is 3. The molecule has 2 N–H and O–H groups in total.